The van der Waals surface area contributed by atoms with Crippen LogP contribution in [0.5, 0.6) is 0 Å². The van der Waals surface area contributed by atoms with E-state index >= 15 is 0 Å². The fourth-order valence-electron chi connectivity index (χ4n) is 1.83. The molecule has 0 saturated heterocycles. The lowest BCUT2D eigenvalue weighted by Crippen LogP contribution is -2.32. The van der Waals surface area contributed by atoms with Crippen LogP contribution in [-0.4, -0.2) is 45.3 Å². The average Bonchev–Trinajstić information content (AvgIpc) is 2.45. The normalized spacial score (nSPS) is 12.4. The molecule has 1 rings (SSSR count). The van der Waals surface area contributed by atoms with Gasteiger partial charge < -0.3 is 15.0 Å². The molecule has 1 atom stereocenters. The van der Waals surface area contributed by atoms with Crippen molar-refractivity contribution in [1.29, 1.82) is 5.26 Å². The first-order valence-corrected chi connectivity index (χ1v) is 6.58. The van der Waals surface area contributed by atoms with Crippen molar-refractivity contribution in [2.45, 2.75) is 13.0 Å². The maximum absolute atomic E-state index is 8.89. The van der Waals surface area contributed by atoms with Crippen LogP contribution in [0.15, 0.2) is 24.3 Å². The van der Waals surface area contributed by atoms with E-state index in [0.29, 0.717) is 5.56 Å². The Kier molecular flexibility index (Phi) is 7.12. The van der Waals surface area contributed by atoms with Gasteiger partial charge in [-0.1, -0.05) is 12.1 Å². The van der Waals surface area contributed by atoms with Crippen LogP contribution in [0.2, 0.25) is 0 Å². The summed E-state index contributed by atoms with van der Waals surface area (Å²) in [5.74, 6) is 0. The number of likely N-dealkylation sites (N-methyl/N-ethyl adjacent to an activating group) is 1. The van der Waals surface area contributed by atoms with Crippen LogP contribution < -0.4 is 5.32 Å². The Hall–Kier alpha value is -1.41. The van der Waals surface area contributed by atoms with Crippen molar-refractivity contribution in [3.63, 3.8) is 0 Å². The predicted molar refractivity (Wildman–Crippen MR) is 76.9 cm³/mol. The summed E-state index contributed by atoms with van der Waals surface area (Å²) in [6, 6.07) is 10.2. The summed E-state index contributed by atoms with van der Waals surface area (Å²) in [5, 5.41) is 12.4. The molecule has 0 heterocycles. The van der Waals surface area contributed by atoms with E-state index in [0.717, 1.165) is 31.8 Å². The Bertz CT molecular complexity index is 414. The molecule has 0 fully saturated rings. The molecule has 0 spiro atoms. The van der Waals surface area contributed by atoms with Crippen LogP contribution in [0.4, 0.5) is 0 Å². The zero-order chi connectivity index (χ0) is 14.1. The molecule has 104 valence electrons. The van der Waals surface area contributed by atoms with E-state index in [1.807, 2.05) is 24.3 Å². The number of hydrogen-bond donors (Lipinski definition) is 1. The molecule has 0 aliphatic carbocycles. The van der Waals surface area contributed by atoms with Crippen molar-refractivity contribution >= 4 is 0 Å². The lowest BCUT2D eigenvalue weighted by Gasteiger charge is -2.19. The zero-order valence-corrected chi connectivity index (χ0v) is 12.0. The molecule has 0 saturated carbocycles. The SMILES string of the molecule is COCCN(C)CCNC(C)c1cccc(C#N)c1. The van der Waals surface area contributed by atoms with Gasteiger partial charge in [0.1, 0.15) is 0 Å². The van der Waals surface area contributed by atoms with Gasteiger partial charge in [0.25, 0.3) is 0 Å². The van der Waals surface area contributed by atoms with Gasteiger partial charge in [0, 0.05) is 32.8 Å². The highest BCUT2D eigenvalue weighted by Crippen LogP contribution is 2.13. The van der Waals surface area contributed by atoms with Crippen molar-refractivity contribution in [2.24, 2.45) is 0 Å². The fourth-order valence-corrected chi connectivity index (χ4v) is 1.83. The number of nitrogens with one attached hydrogen (secondary N) is 1. The number of ether oxygens (including phenoxy) is 1. The first kappa shape index (κ1) is 15.6. The van der Waals surface area contributed by atoms with E-state index in [9.17, 15) is 0 Å². The summed E-state index contributed by atoms with van der Waals surface area (Å²) in [5.41, 5.74) is 1.86. The summed E-state index contributed by atoms with van der Waals surface area (Å²) in [4.78, 5) is 2.23. The van der Waals surface area contributed by atoms with Gasteiger partial charge >= 0.3 is 0 Å². The quantitative estimate of drug-likeness (QED) is 0.775. The van der Waals surface area contributed by atoms with Crippen molar-refractivity contribution in [2.75, 3.05) is 40.4 Å². The molecule has 0 aromatic heterocycles. The number of nitriles is 1. The number of nitrogens with zero attached hydrogens (tertiary/aromatic N) is 2. The molecular formula is C15H23N3O. The summed E-state index contributed by atoms with van der Waals surface area (Å²) in [6.45, 7) is 5.71. The summed E-state index contributed by atoms with van der Waals surface area (Å²) in [7, 11) is 3.80. The van der Waals surface area contributed by atoms with Crippen LogP contribution in [0.1, 0.15) is 24.1 Å². The highest BCUT2D eigenvalue weighted by atomic mass is 16.5. The van der Waals surface area contributed by atoms with Crippen LogP contribution in [0.25, 0.3) is 0 Å². The van der Waals surface area contributed by atoms with Gasteiger partial charge in [-0.15, -0.1) is 0 Å². The molecule has 0 amide bonds. The number of rotatable bonds is 8. The number of benzene rings is 1. The third-order valence-electron chi connectivity index (χ3n) is 3.14. The zero-order valence-electron chi connectivity index (χ0n) is 12.0. The highest BCUT2D eigenvalue weighted by Gasteiger charge is 2.05. The average molecular weight is 261 g/mol. The van der Waals surface area contributed by atoms with Crippen molar-refractivity contribution < 1.29 is 4.74 Å². The molecular weight excluding hydrogens is 238 g/mol. The van der Waals surface area contributed by atoms with E-state index < -0.39 is 0 Å². The Balaban J connectivity index is 2.34. The minimum Gasteiger partial charge on any atom is -0.383 e. The van der Waals surface area contributed by atoms with Gasteiger partial charge in [0.2, 0.25) is 0 Å². The lowest BCUT2D eigenvalue weighted by molar-refractivity contribution is 0.161. The maximum Gasteiger partial charge on any atom is 0.0991 e. The minimum absolute atomic E-state index is 0.254. The van der Waals surface area contributed by atoms with Crippen LogP contribution in [0, 0.1) is 11.3 Å². The van der Waals surface area contributed by atoms with Gasteiger partial charge in [-0.2, -0.15) is 5.26 Å². The minimum atomic E-state index is 0.254. The monoisotopic (exact) mass is 261 g/mol. The Morgan fingerprint density at radius 3 is 2.89 bits per heavy atom. The van der Waals surface area contributed by atoms with E-state index in [1.54, 1.807) is 7.11 Å². The second-order valence-corrected chi connectivity index (χ2v) is 4.71. The molecule has 4 heteroatoms. The van der Waals surface area contributed by atoms with Crippen molar-refractivity contribution in [3.8, 4) is 6.07 Å². The standard InChI is InChI=1S/C15H23N3O/c1-13(15-6-4-5-14(11-15)12-16)17-7-8-18(2)9-10-19-3/h4-6,11,13,17H,7-10H2,1-3H3. The largest absolute Gasteiger partial charge is 0.383 e. The second kappa shape index (κ2) is 8.65. The Morgan fingerprint density at radius 2 is 2.21 bits per heavy atom. The number of methoxy groups -OCH3 is 1. The van der Waals surface area contributed by atoms with Gasteiger partial charge in [-0.25, -0.2) is 0 Å². The lowest BCUT2D eigenvalue weighted by atomic mass is 10.1. The third-order valence-corrected chi connectivity index (χ3v) is 3.14. The number of hydrogen-bond acceptors (Lipinski definition) is 4. The Morgan fingerprint density at radius 1 is 1.42 bits per heavy atom. The van der Waals surface area contributed by atoms with E-state index in [-0.39, 0.29) is 6.04 Å². The van der Waals surface area contributed by atoms with E-state index in [4.69, 9.17) is 10.00 Å². The smallest absolute Gasteiger partial charge is 0.0991 e. The molecule has 0 radical (unpaired) electrons. The molecule has 0 aliphatic heterocycles. The molecule has 1 aromatic carbocycles. The summed E-state index contributed by atoms with van der Waals surface area (Å²) < 4.78 is 5.04. The topological polar surface area (TPSA) is 48.3 Å². The predicted octanol–water partition coefficient (Wildman–Crippen LogP) is 1.79. The second-order valence-electron chi connectivity index (χ2n) is 4.71. The van der Waals surface area contributed by atoms with Crippen molar-refractivity contribution in [3.05, 3.63) is 35.4 Å². The first-order valence-electron chi connectivity index (χ1n) is 6.58. The van der Waals surface area contributed by atoms with Gasteiger partial charge in [-0.3, -0.25) is 0 Å². The molecule has 1 N–H and O–H groups in total. The van der Waals surface area contributed by atoms with Crippen LogP contribution in [0.3, 0.4) is 0 Å². The fraction of sp³-hybridized carbons (Fsp3) is 0.533. The first-order chi connectivity index (χ1) is 9.17. The van der Waals surface area contributed by atoms with Crippen molar-refractivity contribution in [1.82, 2.24) is 10.2 Å². The summed E-state index contributed by atoms with van der Waals surface area (Å²) in [6.07, 6.45) is 0. The summed E-state index contributed by atoms with van der Waals surface area (Å²) >= 11 is 0. The van der Waals surface area contributed by atoms with Gasteiger partial charge in [0.15, 0.2) is 0 Å². The maximum atomic E-state index is 8.89. The molecule has 1 aromatic rings. The van der Waals surface area contributed by atoms with Crippen LogP contribution in [-0.2, 0) is 4.74 Å². The van der Waals surface area contributed by atoms with Crippen LogP contribution >= 0.6 is 0 Å². The molecule has 0 aliphatic rings. The molecule has 1 unspecified atom stereocenters. The van der Waals surface area contributed by atoms with Gasteiger partial charge in [0.05, 0.1) is 18.2 Å². The third kappa shape index (κ3) is 5.84. The van der Waals surface area contributed by atoms with E-state index in [1.165, 1.54) is 0 Å². The van der Waals surface area contributed by atoms with E-state index in [2.05, 4.69) is 30.3 Å². The van der Waals surface area contributed by atoms with Gasteiger partial charge in [-0.05, 0) is 31.7 Å². The molecule has 0 bridgehead atoms. The molecule has 19 heavy (non-hydrogen) atoms. The highest BCUT2D eigenvalue weighted by molar-refractivity contribution is 5.33. The molecule has 4 nitrogen and oxygen atoms in total. The Labute approximate surface area is 116 Å².